The Hall–Kier alpha value is -2.86. The van der Waals surface area contributed by atoms with Crippen molar-refractivity contribution in [1.82, 2.24) is 0 Å². The highest BCUT2D eigenvalue weighted by Gasteiger charge is 2.54. The summed E-state index contributed by atoms with van der Waals surface area (Å²) in [6.07, 6.45) is 6.36. The Labute approximate surface area is 219 Å². The van der Waals surface area contributed by atoms with E-state index in [1.54, 1.807) is 0 Å². The summed E-state index contributed by atoms with van der Waals surface area (Å²) >= 11 is 0. The van der Waals surface area contributed by atoms with Crippen molar-refractivity contribution in [2.24, 2.45) is 17.3 Å². The summed E-state index contributed by atoms with van der Waals surface area (Å²) in [5.41, 5.74) is 5.57. The van der Waals surface area contributed by atoms with Crippen LogP contribution in [0.1, 0.15) is 68.6 Å². The average molecular weight is 503 g/mol. The third-order valence-corrected chi connectivity index (χ3v) is 9.69. The van der Waals surface area contributed by atoms with E-state index in [1.165, 1.54) is 11.1 Å². The van der Waals surface area contributed by atoms with Crippen molar-refractivity contribution in [3.8, 4) is 5.75 Å². The van der Waals surface area contributed by atoms with E-state index in [1.807, 2.05) is 24.3 Å². The van der Waals surface area contributed by atoms with Crippen LogP contribution < -0.4 is 15.0 Å². The second-order valence-corrected chi connectivity index (χ2v) is 11.5. The van der Waals surface area contributed by atoms with Gasteiger partial charge in [0.2, 0.25) is 0 Å². The molecule has 1 heterocycles. The number of hydrogen-bond donors (Lipinski definition) is 1. The number of fused-ring (bicyclic) bond motifs is 5. The number of benzene rings is 2. The molecule has 4 unspecified atom stereocenters. The molecule has 1 aliphatic heterocycles. The van der Waals surface area contributed by atoms with Crippen LogP contribution in [0.2, 0.25) is 0 Å². The normalized spacial score (nSPS) is 28.8. The number of carbonyl (C=O) groups excluding carboxylic acids is 2. The Morgan fingerprint density at radius 2 is 1.89 bits per heavy atom. The van der Waals surface area contributed by atoms with E-state index >= 15 is 0 Å². The first-order chi connectivity index (χ1) is 18.0. The summed E-state index contributed by atoms with van der Waals surface area (Å²) in [6, 6.07) is 12.3. The molecule has 0 radical (unpaired) electrons. The number of nitrogens with one attached hydrogen (secondary N) is 1. The second-order valence-electron chi connectivity index (χ2n) is 11.5. The van der Waals surface area contributed by atoms with Crippen LogP contribution in [0.4, 0.5) is 16.2 Å². The van der Waals surface area contributed by atoms with Crippen LogP contribution in [0.5, 0.6) is 5.75 Å². The molecule has 3 fully saturated rings. The lowest BCUT2D eigenvalue weighted by Crippen LogP contribution is -2.42. The molecule has 6 rings (SSSR count). The number of Topliss-reactive ketones (excluding diaryl/α,β-unsaturated/α-hetero) is 1. The van der Waals surface area contributed by atoms with E-state index in [9.17, 15) is 9.59 Å². The van der Waals surface area contributed by atoms with Gasteiger partial charge in [-0.3, -0.25) is 10.1 Å². The maximum atomic E-state index is 12.8. The van der Waals surface area contributed by atoms with Gasteiger partial charge in [-0.25, -0.2) is 4.79 Å². The number of rotatable bonds is 4. The van der Waals surface area contributed by atoms with Crippen LogP contribution in [-0.2, 0) is 22.4 Å². The van der Waals surface area contributed by atoms with Crippen molar-refractivity contribution in [3.05, 3.63) is 53.1 Å². The molecule has 2 saturated carbocycles. The Morgan fingerprint density at radius 1 is 1.11 bits per heavy atom. The summed E-state index contributed by atoms with van der Waals surface area (Å²) in [5.74, 6) is 2.79. The van der Waals surface area contributed by atoms with Crippen LogP contribution >= 0.6 is 0 Å². The molecule has 1 N–H and O–H groups in total. The standard InChI is InChI=1S/C31H38N2O4/c1-3-20-18-26-21(4-9-25-24(26)12-13-31(2)27(25)10-11-29(31)34)19-28(20)37-30(35)32-22-5-7-23(8-6-22)33-14-16-36-17-15-33/h5-8,18-19,24-25,27H,3-4,9-17H2,1-2H3,(H,32,35). The van der Waals surface area contributed by atoms with Gasteiger partial charge in [0.1, 0.15) is 11.5 Å². The summed E-state index contributed by atoms with van der Waals surface area (Å²) < 4.78 is 11.3. The summed E-state index contributed by atoms with van der Waals surface area (Å²) in [5, 5.41) is 2.89. The van der Waals surface area contributed by atoms with Crippen LogP contribution in [0.15, 0.2) is 36.4 Å². The van der Waals surface area contributed by atoms with Gasteiger partial charge in [-0.2, -0.15) is 0 Å². The summed E-state index contributed by atoms with van der Waals surface area (Å²) in [6.45, 7) is 7.59. The van der Waals surface area contributed by atoms with Gasteiger partial charge in [0.15, 0.2) is 0 Å². The van der Waals surface area contributed by atoms with Crippen molar-refractivity contribution in [2.75, 3.05) is 36.5 Å². The highest BCUT2D eigenvalue weighted by molar-refractivity contribution is 5.87. The Bertz CT molecular complexity index is 1190. The quantitative estimate of drug-likeness (QED) is 0.545. The lowest BCUT2D eigenvalue weighted by Gasteiger charge is -2.48. The van der Waals surface area contributed by atoms with Crippen molar-refractivity contribution in [1.29, 1.82) is 0 Å². The number of anilines is 2. The molecule has 2 aromatic carbocycles. The fourth-order valence-corrected chi connectivity index (χ4v) is 7.61. The number of hydrogen-bond acceptors (Lipinski definition) is 5. The lowest BCUT2D eigenvalue weighted by atomic mass is 9.55. The van der Waals surface area contributed by atoms with Crippen LogP contribution in [0.25, 0.3) is 0 Å². The number of amides is 1. The van der Waals surface area contributed by atoms with Gasteiger partial charge in [0.25, 0.3) is 0 Å². The van der Waals surface area contributed by atoms with E-state index in [4.69, 9.17) is 9.47 Å². The molecule has 0 spiro atoms. The van der Waals surface area contributed by atoms with Crippen LogP contribution in [0.3, 0.4) is 0 Å². The monoisotopic (exact) mass is 502 g/mol. The van der Waals surface area contributed by atoms with Gasteiger partial charge in [-0.1, -0.05) is 19.9 Å². The molecule has 0 bridgehead atoms. The van der Waals surface area contributed by atoms with Crippen LogP contribution in [0, 0.1) is 17.3 Å². The third-order valence-electron chi connectivity index (χ3n) is 9.69. The molecular weight excluding hydrogens is 464 g/mol. The largest absolute Gasteiger partial charge is 0.417 e. The smallest absolute Gasteiger partial charge is 0.410 e. The first-order valence-electron chi connectivity index (χ1n) is 14.1. The molecule has 6 nitrogen and oxygen atoms in total. The molecule has 3 aliphatic carbocycles. The first-order valence-corrected chi connectivity index (χ1v) is 14.1. The van der Waals surface area contributed by atoms with E-state index in [0.29, 0.717) is 29.3 Å². The lowest BCUT2D eigenvalue weighted by molar-refractivity contribution is -0.129. The van der Waals surface area contributed by atoms with Gasteiger partial charge in [-0.05, 0) is 103 Å². The number of nitrogens with zero attached hydrogens (tertiary/aromatic N) is 1. The van der Waals surface area contributed by atoms with Crippen molar-refractivity contribution in [3.63, 3.8) is 0 Å². The highest BCUT2D eigenvalue weighted by atomic mass is 16.6. The number of carbonyl (C=O) groups is 2. The zero-order valence-corrected chi connectivity index (χ0v) is 22.1. The Kier molecular flexibility index (Phi) is 6.47. The maximum absolute atomic E-state index is 12.8. The second kappa shape index (κ2) is 9.79. The molecule has 6 heteroatoms. The van der Waals surface area contributed by atoms with Crippen molar-refractivity contribution < 1.29 is 19.1 Å². The van der Waals surface area contributed by atoms with Gasteiger partial charge in [0.05, 0.1) is 13.2 Å². The zero-order valence-electron chi connectivity index (χ0n) is 22.1. The third kappa shape index (κ3) is 4.43. The van der Waals surface area contributed by atoms with E-state index < -0.39 is 6.09 Å². The molecule has 1 saturated heterocycles. The number of aryl methyl sites for hydroxylation is 2. The highest BCUT2D eigenvalue weighted by Crippen LogP contribution is 2.59. The molecule has 37 heavy (non-hydrogen) atoms. The summed E-state index contributed by atoms with van der Waals surface area (Å²) in [4.78, 5) is 27.8. The fraction of sp³-hybridized carbons (Fsp3) is 0.548. The SMILES string of the molecule is CCc1cc2c(cc1OC(=O)Nc1ccc(N3CCOCC3)cc1)CCC1C2CCC2(C)C(=O)CCC12. The molecule has 0 aromatic heterocycles. The maximum Gasteiger partial charge on any atom is 0.417 e. The number of morpholine rings is 1. The minimum atomic E-state index is -0.458. The minimum Gasteiger partial charge on any atom is -0.410 e. The van der Waals surface area contributed by atoms with Crippen molar-refractivity contribution in [2.45, 2.75) is 64.7 Å². The zero-order chi connectivity index (χ0) is 25.6. The van der Waals surface area contributed by atoms with Gasteiger partial charge >= 0.3 is 6.09 Å². The molecular formula is C31H38N2O4. The molecule has 4 atom stereocenters. The molecule has 1 amide bonds. The van der Waals surface area contributed by atoms with Gasteiger partial charge in [-0.15, -0.1) is 0 Å². The molecule has 196 valence electrons. The Balaban J connectivity index is 1.16. The minimum absolute atomic E-state index is 0.103. The topological polar surface area (TPSA) is 67.9 Å². The Morgan fingerprint density at radius 3 is 2.65 bits per heavy atom. The van der Waals surface area contributed by atoms with E-state index in [-0.39, 0.29) is 5.41 Å². The summed E-state index contributed by atoms with van der Waals surface area (Å²) in [7, 11) is 0. The van der Waals surface area contributed by atoms with Gasteiger partial charge < -0.3 is 14.4 Å². The first kappa shape index (κ1) is 24.5. The van der Waals surface area contributed by atoms with E-state index in [0.717, 1.165) is 88.2 Å². The molecule has 4 aliphatic rings. The van der Waals surface area contributed by atoms with E-state index in [2.05, 4.69) is 36.2 Å². The predicted octanol–water partition coefficient (Wildman–Crippen LogP) is 6.12. The van der Waals surface area contributed by atoms with Gasteiger partial charge in [0, 0.05) is 36.3 Å². The predicted molar refractivity (Wildman–Crippen MR) is 145 cm³/mol. The number of ketones is 1. The fourth-order valence-electron chi connectivity index (χ4n) is 7.61. The molecule has 2 aromatic rings. The van der Waals surface area contributed by atoms with Crippen molar-refractivity contribution >= 4 is 23.3 Å². The average Bonchev–Trinajstić information content (AvgIpc) is 3.23. The number of ether oxygens (including phenoxy) is 2. The van der Waals surface area contributed by atoms with Crippen LogP contribution in [-0.4, -0.2) is 38.2 Å².